The maximum Gasteiger partial charge on any atom is 0.248 e. The SMILES string of the molecule is CNc1ccc(C(N)=O)cc1O. The lowest BCUT2D eigenvalue weighted by atomic mass is 10.2. The molecule has 0 atom stereocenters. The normalized spacial score (nSPS) is 9.42. The number of primary amides is 1. The number of rotatable bonds is 2. The molecule has 4 heteroatoms. The summed E-state index contributed by atoms with van der Waals surface area (Å²) in [7, 11) is 1.68. The van der Waals surface area contributed by atoms with Crippen LogP contribution in [0.4, 0.5) is 5.69 Å². The van der Waals surface area contributed by atoms with E-state index in [0.29, 0.717) is 11.3 Å². The molecule has 4 nitrogen and oxygen atoms in total. The summed E-state index contributed by atoms with van der Waals surface area (Å²) < 4.78 is 0. The Morgan fingerprint density at radius 2 is 2.25 bits per heavy atom. The highest BCUT2D eigenvalue weighted by atomic mass is 16.3. The second-order valence-electron chi connectivity index (χ2n) is 2.35. The van der Waals surface area contributed by atoms with Gasteiger partial charge in [0.1, 0.15) is 5.75 Å². The minimum atomic E-state index is -0.548. The van der Waals surface area contributed by atoms with Gasteiger partial charge < -0.3 is 16.2 Å². The van der Waals surface area contributed by atoms with Gasteiger partial charge in [0.25, 0.3) is 0 Å². The van der Waals surface area contributed by atoms with Gasteiger partial charge in [0.2, 0.25) is 5.91 Å². The fraction of sp³-hybridized carbons (Fsp3) is 0.125. The second-order valence-corrected chi connectivity index (χ2v) is 2.35. The van der Waals surface area contributed by atoms with Crippen LogP contribution in [0.15, 0.2) is 18.2 Å². The highest BCUT2D eigenvalue weighted by Gasteiger charge is 2.03. The highest BCUT2D eigenvalue weighted by molar-refractivity contribution is 5.93. The maximum atomic E-state index is 10.6. The van der Waals surface area contributed by atoms with E-state index in [1.807, 2.05) is 0 Å². The van der Waals surface area contributed by atoms with Gasteiger partial charge in [-0.05, 0) is 18.2 Å². The Kier molecular flexibility index (Phi) is 2.19. The molecule has 0 saturated heterocycles. The van der Waals surface area contributed by atoms with Crippen molar-refractivity contribution in [3.8, 4) is 5.75 Å². The van der Waals surface area contributed by atoms with E-state index in [-0.39, 0.29) is 5.75 Å². The van der Waals surface area contributed by atoms with Crippen LogP contribution in [0.3, 0.4) is 0 Å². The lowest BCUT2D eigenvalue weighted by molar-refractivity contribution is 0.1000. The number of carbonyl (C=O) groups excluding carboxylic acids is 1. The van der Waals surface area contributed by atoms with Gasteiger partial charge in [0.15, 0.2) is 0 Å². The molecular weight excluding hydrogens is 156 g/mol. The molecule has 4 N–H and O–H groups in total. The Balaban J connectivity index is 3.10. The van der Waals surface area contributed by atoms with Crippen molar-refractivity contribution < 1.29 is 9.90 Å². The smallest absolute Gasteiger partial charge is 0.248 e. The molecule has 0 fully saturated rings. The highest BCUT2D eigenvalue weighted by Crippen LogP contribution is 2.22. The molecule has 0 bridgehead atoms. The predicted octanol–water partition coefficient (Wildman–Crippen LogP) is 0.533. The molecule has 0 aliphatic rings. The van der Waals surface area contributed by atoms with Crippen molar-refractivity contribution in [2.24, 2.45) is 5.73 Å². The summed E-state index contributed by atoms with van der Waals surface area (Å²) in [6.45, 7) is 0. The summed E-state index contributed by atoms with van der Waals surface area (Å²) >= 11 is 0. The van der Waals surface area contributed by atoms with E-state index in [1.54, 1.807) is 19.2 Å². The van der Waals surface area contributed by atoms with Crippen molar-refractivity contribution in [3.05, 3.63) is 23.8 Å². The number of nitrogens with one attached hydrogen (secondary N) is 1. The number of benzene rings is 1. The van der Waals surface area contributed by atoms with E-state index >= 15 is 0 Å². The van der Waals surface area contributed by atoms with Crippen LogP contribution in [0.5, 0.6) is 5.75 Å². The number of nitrogens with two attached hydrogens (primary N) is 1. The van der Waals surface area contributed by atoms with Crippen LogP contribution in [0, 0.1) is 0 Å². The zero-order chi connectivity index (χ0) is 9.14. The summed E-state index contributed by atoms with van der Waals surface area (Å²) in [4.78, 5) is 10.6. The van der Waals surface area contributed by atoms with Crippen molar-refractivity contribution in [2.75, 3.05) is 12.4 Å². The molecule has 0 radical (unpaired) electrons. The van der Waals surface area contributed by atoms with Crippen molar-refractivity contribution >= 4 is 11.6 Å². The number of anilines is 1. The topological polar surface area (TPSA) is 75.3 Å². The Hall–Kier alpha value is -1.71. The largest absolute Gasteiger partial charge is 0.506 e. The molecule has 1 aromatic rings. The standard InChI is InChI=1S/C8H10N2O2/c1-10-6-3-2-5(8(9)12)4-7(6)11/h2-4,10-11H,1H3,(H2,9,12). The summed E-state index contributed by atoms with van der Waals surface area (Å²) in [5.41, 5.74) is 5.87. The van der Waals surface area contributed by atoms with Gasteiger partial charge in [-0.1, -0.05) is 0 Å². The average Bonchev–Trinajstić information content (AvgIpc) is 2.04. The van der Waals surface area contributed by atoms with Crippen LogP contribution in [0.25, 0.3) is 0 Å². The summed E-state index contributed by atoms with van der Waals surface area (Å²) in [5.74, 6) is -0.526. The zero-order valence-electron chi connectivity index (χ0n) is 6.66. The van der Waals surface area contributed by atoms with Crippen molar-refractivity contribution in [1.29, 1.82) is 0 Å². The lowest BCUT2D eigenvalue weighted by Crippen LogP contribution is -2.10. The van der Waals surface area contributed by atoms with Gasteiger partial charge in [-0.15, -0.1) is 0 Å². The fourth-order valence-electron chi connectivity index (χ4n) is 0.896. The third-order valence-electron chi connectivity index (χ3n) is 1.55. The molecule has 1 aromatic carbocycles. The third kappa shape index (κ3) is 1.47. The zero-order valence-corrected chi connectivity index (χ0v) is 6.66. The van der Waals surface area contributed by atoms with Crippen LogP contribution >= 0.6 is 0 Å². The molecule has 0 saturated carbocycles. The molecule has 0 unspecified atom stereocenters. The number of phenols is 1. The van der Waals surface area contributed by atoms with E-state index in [2.05, 4.69) is 5.32 Å². The van der Waals surface area contributed by atoms with E-state index < -0.39 is 5.91 Å². The van der Waals surface area contributed by atoms with Gasteiger partial charge in [-0.2, -0.15) is 0 Å². The monoisotopic (exact) mass is 166 g/mol. The van der Waals surface area contributed by atoms with E-state index in [0.717, 1.165) is 0 Å². The molecule has 64 valence electrons. The fourth-order valence-corrected chi connectivity index (χ4v) is 0.896. The molecular formula is C8H10N2O2. The van der Waals surface area contributed by atoms with Crippen LogP contribution < -0.4 is 11.1 Å². The minimum absolute atomic E-state index is 0.0220. The number of amides is 1. The minimum Gasteiger partial charge on any atom is -0.506 e. The van der Waals surface area contributed by atoms with Gasteiger partial charge in [-0.3, -0.25) is 4.79 Å². The van der Waals surface area contributed by atoms with Crippen molar-refractivity contribution in [3.63, 3.8) is 0 Å². The van der Waals surface area contributed by atoms with Crippen molar-refractivity contribution in [2.45, 2.75) is 0 Å². The quantitative estimate of drug-likeness (QED) is 0.561. The summed E-state index contributed by atoms with van der Waals surface area (Å²) in [6.07, 6.45) is 0. The molecule has 12 heavy (non-hydrogen) atoms. The number of hydrogen-bond acceptors (Lipinski definition) is 3. The number of hydrogen-bond donors (Lipinski definition) is 3. The van der Waals surface area contributed by atoms with Crippen LogP contribution in [-0.4, -0.2) is 18.1 Å². The van der Waals surface area contributed by atoms with Gasteiger partial charge in [0, 0.05) is 12.6 Å². The van der Waals surface area contributed by atoms with Gasteiger partial charge in [0.05, 0.1) is 5.69 Å². The number of aromatic hydroxyl groups is 1. The molecule has 1 rings (SSSR count). The third-order valence-corrected chi connectivity index (χ3v) is 1.55. The average molecular weight is 166 g/mol. The Morgan fingerprint density at radius 3 is 2.67 bits per heavy atom. The Bertz CT molecular complexity index is 310. The predicted molar refractivity (Wildman–Crippen MR) is 46.2 cm³/mol. The van der Waals surface area contributed by atoms with Crippen LogP contribution in [0.1, 0.15) is 10.4 Å². The van der Waals surface area contributed by atoms with Crippen LogP contribution in [0.2, 0.25) is 0 Å². The maximum absolute atomic E-state index is 10.6. The van der Waals surface area contributed by atoms with E-state index in [9.17, 15) is 9.90 Å². The number of carbonyl (C=O) groups is 1. The van der Waals surface area contributed by atoms with Gasteiger partial charge >= 0.3 is 0 Å². The first-order valence-corrected chi connectivity index (χ1v) is 3.45. The Labute approximate surface area is 70.0 Å². The van der Waals surface area contributed by atoms with Crippen molar-refractivity contribution in [1.82, 2.24) is 0 Å². The molecule has 1 amide bonds. The van der Waals surface area contributed by atoms with E-state index in [1.165, 1.54) is 6.07 Å². The second kappa shape index (κ2) is 3.13. The number of phenolic OH excluding ortho intramolecular Hbond substituents is 1. The lowest BCUT2D eigenvalue weighted by Gasteiger charge is -2.03. The Morgan fingerprint density at radius 1 is 1.58 bits per heavy atom. The molecule has 0 aromatic heterocycles. The molecule has 0 aliphatic carbocycles. The molecule has 0 aliphatic heterocycles. The van der Waals surface area contributed by atoms with Gasteiger partial charge in [-0.25, -0.2) is 0 Å². The van der Waals surface area contributed by atoms with E-state index in [4.69, 9.17) is 5.73 Å². The summed E-state index contributed by atoms with van der Waals surface area (Å²) in [6, 6.07) is 4.47. The molecule has 0 heterocycles. The summed E-state index contributed by atoms with van der Waals surface area (Å²) in [5, 5.41) is 12.0. The molecule has 0 spiro atoms. The first kappa shape index (κ1) is 8.39. The first-order valence-electron chi connectivity index (χ1n) is 3.45. The van der Waals surface area contributed by atoms with Crippen LogP contribution in [-0.2, 0) is 0 Å². The first-order chi connectivity index (χ1) is 5.65.